The van der Waals surface area contributed by atoms with Crippen molar-refractivity contribution in [1.29, 1.82) is 0 Å². The third kappa shape index (κ3) is 5.82. The fourth-order valence-corrected chi connectivity index (χ4v) is 1.26. The van der Waals surface area contributed by atoms with E-state index in [9.17, 15) is 14.9 Å². The van der Waals surface area contributed by atoms with Crippen LogP contribution in [0.3, 0.4) is 0 Å². The van der Waals surface area contributed by atoms with Gasteiger partial charge in [-0.2, -0.15) is 0 Å². The molecule has 0 bridgehead atoms. The van der Waals surface area contributed by atoms with Crippen molar-refractivity contribution in [3.63, 3.8) is 0 Å². The molecule has 0 aliphatic heterocycles. The van der Waals surface area contributed by atoms with Crippen LogP contribution in [0, 0.1) is 22.0 Å². The van der Waals surface area contributed by atoms with Crippen LogP contribution in [-0.2, 0) is 4.79 Å². The third-order valence-electron chi connectivity index (χ3n) is 1.64. The van der Waals surface area contributed by atoms with Crippen molar-refractivity contribution in [3.05, 3.63) is 10.1 Å². The number of nitro groups is 1. The minimum atomic E-state index is -0.351. The Morgan fingerprint density at radius 1 is 1.50 bits per heavy atom. The van der Waals surface area contributed by atoms with E-state index in [0.717, 1.165) is 12.7 Å². The predicted molar refractivity (Wildman–Crippen MR) is 45.5 cm³/mol. The summed E-state index contributed by atoms with van der Waals surface area (Å²) in [6.07, 6.45) is 1.81. The molecule has 0 saturated carbocycles. The molecule has 0 heterocycles. The van der Waals surface area contributed by atoms with E-state index in [4.69, 9.17) is 0 Å². The zero-order valence-electron chi connectivity index (χ0n) is 7.53. The highest BCUT2D eigenvalue weighted by atomic mass is 16.6. The lowest BCUT2D eigenvalue weighted by Crippen LogP contribution is -2.16. The quantitative estimate of drug-likeness (QED) is 0.347. The van der Waals surface area contributed by atoms with Gasteiger partial charge in [0.15, 0.2) is 0 Å². The van der Waals surface area contributed by atoms with Crippen molar-refractivity contribution < 1.29 is 9.72 Å². The molecule has 0 aromatic heterocycles. The molecule has 0 amide bonds. The maximum atomic E-state index is 10.2. The highest BCUT2D eigenvalue weighted by Crippen LogP contribution is 2.14. The van der Waals surface area contributed by atoms with Crippen LogP contribution in [0.2, 0.25) is 0 Å². The number of rotatable bonds is 6. The number of nitrogens with zero attached hydrogens (tertiary/aromatic N) is 1. The van der Waals surface area contributed by atoms with Crippen LogP contribution in [0.4, 0.5) is 0 Å². The van der Waals surface area contributed by atoms with Gasteiger partial charge in [-0.05, 0) is 12.3 Å². The first kappa shape index (κ1) is 11.1. The zero-order valence-corrected chi connectivity index (χ0v) is 7.53. The topological polar surface area (TPSA) is 60.2 Å². The molecule has 4 heteroatoms. The second-order valence-electron chi connectivity index (χ2n) is 3.41. The van der Waals surface area contributed by atoms with Gasteiger partial charge in [0.2, 0.25) is 6.54 Å². The van der Waals surface area contributed by atoms with Gasteiger partial charge in [-0.3, -0.25) is 10.1 Å². The van der Waals surface area contributed by atoms with Gasteiger partial charge in [-0.1, -0.05) is 13.8 Å². The van der Waals surface area contributed by atoms with Crippen molar-refractivity contribution in [2.24, 2.45) is 11.8 Å². The normalized spacial score (nSPS) is 12.9. The van der Waals surface area contributed by atoms with E-state index in [1.807, 2.05) is 13.8 Å². The summed E-state index contributed by atoms with van der Waals surface area (Å²) >= 11 is 0. The molecule has 0 spiro atoms. The molecule has 0 radical (unpaired) electrons. The summed E-state index contributed by atoms with van der Waals surface area (Å²) in [6.45, 7) is 3.91. The van der Waals surface area contributed by atoms with Gasteiger partial charge < -0.3 is 4.79 Å². The Morgan fingerprint density at radius 2 is 2.08 bits per heavy atom. The van der Waals surface area contributed by atoms with Crippen LogP contribution in [0.25, 0.3) is 0 Å². The molecular weight excluding hydrogens is 158 g/mol. The molecule has 1 unspecified atom stereocenters. The second kappa shape index (κ2) is 5.69. The maximum absolute atomic E-state index is 10.2. The number of hydrogen-bond donors (Lipinski definition) is 0. The van der Waals surface area contributed by atoms with Crippen LogP contribution in [0.1, 0.15) is 26.7 Å². The number of hydrogen-bond acceptors (Lipinski definition) is 3. The highest BCUT2D eigenvalue weighted by molar-refractivity contribution is 5.49. The molecule has 0 aromatic rings. The van der Waals surface area contributed by atoms with E-state index in [0.29, 0.717) is 12.3 Å². The first-order chi connectivity index (χ1) is 5.56. The van der Waals surface area contributed by atoms with Gasteiger partial charge >= 0.3 is 0 Å². The summed E-state index contributed by atoms with van der Waals surface area (Å²) in [5.74, 6) is 0.326. The molecule has 0 aliphatic rings. The van der Waals surface area contributed by atoms with Gasteiger partial charge in [0, 0.05) is 17.3 Å². The van der Waals surface area contributed by atoms with Crippen molar-refractivity contribution in [2.75, 3.05) is 6.54 Å². The lowest BCUT2D eigenvalue weighted by atomic mass is 9.95. The molecule has 12 heavy (non-hydrogen) atoms. The Balaban J connectivity index is 3.85. The fourth-order valence-electron chi connectivity index (χ4n) is 1.26. The van der Waals surface area contributed by atoms with Crippen LogP contribution in [-0.4, -0.2) is 17.8 Å². The standard InChI is InChI=1S/C8H15NO3/c1-7(2)5-8(3-4-10)6-9(11)12/h4,7-8H,3,5-6H2,1-2H3. The Bertz CT molecular complexity index is 156. The molecule has 0 aliphatic carbocycles. The number of carbonyl (C=O) groups is 1. The smallest absolute Gasteiger partial charge is 0.207 e. The Kier molecular flexibility index (Phi) is 5.25. The van der Waals surface area contributed by atoms with E-state index < -0.39 is 0 Å². The predicted octanol–water partition coefficient (Wildman–Crippen LogP) is 1.51. The van der Waals surface area contributed by atoms with E-state index in [2.05, 4.69) is 0 Å². The molecule has 0 aromatic carbocycles. The summed E-state index contributed by atoms with van der Waals surface area (Å²) < 4.78 is 0. The maximum Gasteiger partial charge on any atom is 0.207 e. The van der Waals surface area contributed by atoms with Crippen molar-refractivity contribution in [2.45, 2.75) is 26.7 Å². The molecule has 4 nitrogen and oxygen atoms in total. The summed E-state index contributed by atoms with van der Waals surface area (Å²) in [5.41, 5.74) is 0. The first-order valence-corrected chi connectivity index (χ1v) is 4.11. The molecule has 1 atom stereocenters. The van der Waals surface area contributed by atoms with Gasteiger partial charge in [-0.15, -0.1) is 0 Å². The third-order valence-corrected chi connectivity index (χ3v) is 1.64. The van der Waals surface area contributed by atoms with E-state index in [1.165, 1.54) is 0 Å². The Morgan fingerprint density at radius 3 is 2.42 bits per heavy atom. The lowest BCUT2D eigenvalue weighted by molar-refractivity contribution is -0.488. The van der Waals surface area contributed by atoms with Crippen LogP contribution < -0.4 is 0 Å². The number of carbonyl (C=O) groups excluding carboxylic acids is 1. The molecule has 70 valence electrons. The molecular formula is C8H15NO3. The minimum Gasteiger partial charge on any atom is -0.303 e. The Hall–Kier alpha value is -0.930. The fraction of sp³-hybridized carbons (Fsp3) is 0.875. The van der Waals surface area contributed by atoms with E-state index >= 15 is 0 Å². The van der Waals surface area contributed by atoms with Gasteiger partial charge in [-0.25, -0.2) is 0 Å². The van der Waals surface area contributed by atoms with Crippen LogP contribution >= 0.6 is 0 Å². The Labute approximate surface area is 72.1 Å². The monoisotopic (exact) mass is 173 g/mol. The van der Waals surface area contributed by atoms with E-state index in [1.54, 1.807) is 0 Å². The highest BCUT2D eigenvalue weighted by Gasteiger charge is 2.15. The molecule has 0 fully saturated rings. The summed E-state index contributed by atoms with van der Waals surface area (Å²) in [6, 6.07) is 0. The first-order valence-electron chi connectivity index (χ1n) is 4.11. The summed E-state index contributed by atoms with van der Waals surface area (Å²) in [4.78, 5) is 20.0. The molecule has 0 saturated heterocycles. The van der Waals surface area contributed by atoms with E-state index in [-0.39, 0.29) is 17.4 Å². The summed E-state index contributed by atoms with van der Waals surface area (Å²) in [7, 11) is 0. The molecule has 0 N–H and O–H groups in total. The van der Waals surface area contributed by atoms with Gasteiger partial charge in [0.25, 0.3) is 0 Å². The van der Waals surface area contributed by atoms with Gasteiger partial charge in [0.05, 0.1) is 0 Å². The minimum absolute atomic E-state index is 0.0856. The average molecular weight is 173 g/mol. The van der Waals surface area contributed by atoms with Crippen molar-refractivity contribution in [3.8, 4) is 0 Å². The van der Waals surface area contributed by atoms with Gasteiger partial charge in [0.1, 0.15) is 6.29 Å². The average Bonchev–Trinajstić information content (AvgIpc) is 1.84. The largest absolute Gasteiger partial charge is 0.303 e. The zero-order chi connectivity index (χ0) is 9.56. The van der Waals surface area contributed by atoms with Crippen molar-refractivity contribution in [1.82, 2.24) is 0 Å². The van der Waals surface area contributed by atoms with Crippen molar-refractivity contribution >= 4 is 6.29 Å². The lowest BCUT2D eigenvalue weighted by Gasteiger charge is -2.11. The second-order valence-corrected chi connectivity index (χ2v) is 3.41. The number of aldehydes is 1. The SMILES string of the molecule is CC(C)CC(CC=O)C[N+](=O)[O-]. The summed E-state index contributed by atoms with van der Waals surface area (Å²) in [5, 5.41) is 10.2. The van der Waals surface area contributed by atoms with Crippen LogP contribution in [0.15, 0.2) is 0 Å². The molecule has 0 rings (SSSR count). The van der Waals surface area contributed by atoms with Crippen LogP contribution in [0.5, 0.6) is 0 Å².